The standard InChI is InChI=1S/C10H19NO2/c1-6-8(12)7-11(5)9(13)10(2,3)4/h6-7H2,1-5H3. The third kappa shape index (κ3) is 4.06. The van der Waals surface area contributed by atoms with Crippen molar-refractivity contribution in [3.63, 3.8) is 0 Å². The van der Waals surface area contributed by atoms with Gasteiger partial charge in [0.15, 0.2) is 5.78 Å². The Bertz CT molecular complexity index is 203. The summed E-state index contributed by atoms with van der Waals surface area (Å²) in [4.78, 5) is 24.1. The van der Waals surface area contributed by atoms with E-state index in [0.29, 0.717) is 6.42 Å². The van der Waals surface area contributed by atoms with Crippen LogP contribution in [0.3, 0.4) is 0 Å². The van der Waals surface area contributed by atoms with Gasteiger partial charge in [0.2, 0.25) is 5.91 Å². The van der Waals surface area contributed by atoms with E-state index in [-0.39, 0.29) is 18.2 Å². The predicted octanol–water partition coefficient (Wildman–Crippen LogP) is 1.47. The van der Waals surface area contributed by atoms with Crippen LogP contribution >= 0.6 is 0 Å². The molecule has 0 radical (unpaired) electrons. The van der Waals surface area contributed by atoms with E-state index in [4.69, 9.17) is 0 Å². The average Bonchev–Trinajstić information content (AvgIpc) is 2.01. The van der Waals surface area contributed by atoms with E-state index in [1.807, 2.05) is 20.8 Å². The van der Waals surface area contributed by atoms with Gasteiger partial charge in [0.25, 0.3) is 0 Å². The molecule has 3 nitrogen and oxygen atoms in total. The maximum atomic E-state index is 11.6. The van der Waals surface area contributed by atoms with Crippen molar-refractivity contribution in [1.82, 2.24) is 4.90 Å². The Hall–Kier alpha value is -0.860. The number of likely N-dealkylation sites (N-methyl/N-ethyl adjacent to an activating group) is 1. The summed E-state index contributed by atoms with van der Waals surface area (Å²) in [6.07, 6.45) is 0.488. The van der Waals surface area contributed by atoms with Crippen molar-refractivity contribution in [3.8, 4) is 0 Å². The lowest BCUT2D eigenvalue weighted by molar-refractivity contribution is -0.140. The van der Waals surface area contributed by atoms with Gasteiger partial charge in [0.05, 0.1) is 6.54 Å². The molecule has 0 aliphatic heterocycles. The first-order valence-corrected chi connectivity index (χ1v) is 4.56. The van der Waals surface area contributed by atoms with Crippen LogP contribution in [0.1, 0.15) is 34.1 Å². The number of rotatable bonds is 3. The zero-order valence-electron chi connectivity index (χ0n) is 9.18. The number of carbonyl (C=O) groups is 2. The number of nitrogens with zero attached hydrogens (tertiary/aromatic N) is 1. The molecule has 0 fully saturated rings. The molecular weight excluding hydrogens is 166 g/mol. The minimum Gasteiger partial charge on any atom is -0.338 e. The van der Waals surface area contributed by atoms with Crippen LogP contribution < -0.4 is 0 Å². The van der Waals surface area contributed by atoms with E-state index < -0.39 is 5.41 Å². The van der Waals surface area contributed by atoms with Gasteiger partial charge in [-0.05, 0) is 0 Å². The topological polar surface area (TPSA) is 37.4 Å². The molecule has 0 saturated carbocycles. The SMILES string of the molecule is CCC(=O)CN(C)C(=O)C(C)(C)C. The Morgan fingerprint density at radius 2 is 1.69 bits per heavy atom. The summed E-state index contributed by atoms with van der Waals surface area (Å²) in [6.45, 7) is 7.58. The Morgan fingerprint density at radius 3 is 2.00 bits per heavy atom. The lowest BCUT2D eigenvalue weighted by Crippen LogP contribution is -2.39. The second-order valence-electron chi connectivity index (χ2n) is 4.30. The fourth-order valence-electron chi connectivity index (χ4n) is 1.02. The van der Waals surface area contributed by atoms with E-state index in [1.54, 1.807) is 14.0 Å². The van der Waals surface area contributed by atoms with Crippen molar-refractivity contribution >= 4 is 11.7 Å². The summed E-state index contributed by atoms with van der Waals surface area (Å²) >= 11 is 0. The molecular formula is C10H19NO2. The van der Waals surface area contributed by atoms with E-state index in [2.05, 4.69) is 0 Å². The molecule has 0 rings (SSSR count). The maximum absolute atomic E-state index is 11.6. The summed E-state index contributed by atoms with van der Waals surface area (Å²) in [5.41, 5.74) is -0.400. The van der Waals surface area contributed by atoms with Crippen molar-refractivity contribution in [2.24, 2.45) is 5.41 Å². The van der Waals surface area contributed by atoms with Gasteiger partial charge in [-0.15, -0.1) is 0 Å². The van der Waals surface area contributed by atoms with Gasteiger partial charge in [-0.2, -0.15) is 0 Å². The molecule has 0 unspecified atom stereocenters. The molecule has 0 atom stereocenters. The summed E-state index contributed by atoms with van der Waals surface area (Å²) < 4.78 is 0. The van der Waals surface area contributed by atoms with Gasteiger partial charge in [0.1, 0.15) is 0 Å². The molecule has 1 amide bonds. The van der Waals surface area contributed by atoms with Crippen molar-refractivity contribution in [2.75, 3.05) is 13.6 Å². The Balaban J connectivity index is 4.20. The van der Waals surface area contributed by atoms with E-state index in [1.165, 1.54) is 4.90 Å². The van der Waals surface area contributed by atoms with Crippen LogP contribution in [0.4, 0.5) is 0 Å². The summed E-state index contributed by atoms with van der Waals surface area (Å²) in [6, 6.07) is 0. The minimum atomic E-state index is -0.400. The summed E-state index contributed by atoms with van der Waals surface area (Å²) in [5.74, 6) is 0.106. The molecule has 0 N–H and O–H groups in total. The molecule has 13 heavy (non-hydrogen) atoms. The monoisotopic (exact) mass is 185 g/mol. The van der Waals surface area contributed by atoms with Gasteiger partial charge in [-0.25, -0.2) is 0 Å². The maximum Gasteiger partial charge on any atom is 0.228 e. The molecule has 76 valence electrons. The van der Waals surface area contributed by atoms with Crippen LogP contribution in [0, 0.1) is 5.41 Å². The third-order valence-electron chi connectivity index (χ3n) is 1.80. The molecule has 0 bridgehead atoms. The summed E-state index contributed by atoms with van der Waals surface area (Å²) in [7, 11) is 1.67. The number of amides is 1. The highest BCUT2D eigenvalue weighted by Crippen LogP contribution is 2.16. The molecule has 0 aromatic heterocycles. The van der Waals surface area contributed by atoms with Gasteiger partial charge in [-0.1, -0.05) is 27.7 Å². The molecule has 0 spiro atoms. The highest BCUT2D eigenvalue weighted by molar-refractivity contribution is 5.87. The third-order valence-corrected chi connectivity index (χ3v) is 1.80. The molecule has 0 aliphatic carbocycles. The van der Waals surface area contributed by atoms with Crippen molar-refractivity contribution < 1.29 is 9.59 Å². The Kier molecular flexibility index (Phi) is 4.11. The first-order chi connectivity index (χ1) is 5.79. The van der Waals surface area contributed by atoms with Crippen LogP contribution in [-0.2, 0) is 9.59 Å². The smallest absolute Gasteiger partial charge is 0.228 e. The number of carbonyl (C=O) groups excluding carboxylic acids is 2. The van der Waals surface area contributed by atoms with Gasteiger partial charge in [-0.3, -0.25) is 9.59 Å². The first-order valence-electron chi connectivity index (χ1n) is 4.56. The molecule has 3 heteroatoms. The number of hydrogen-bond donors (Lipinski definition) is 0. The average molecular weight is 185 g/mol. The van der Waals surface area contributed by atoms with Crippen LogP contribution in [0.5, 0.6) is 0 Å². The predicted molar refractivity (Wildman–Crippen MR) is 52.4 cm³/mol. The second-order valence-corrected chi connectivity index (χ2v) is 4.30. The minimum absolute atomic E-state index is 0.00861. The Morgan fingerprint density at radius 1 is 1.23 bits per heavy atom. The number of ketones is 1. The summed E-state index contributed by atoms with van der Waals surface area (Å²) in [5, 5.41) is 0. The quantitative estimate of drug-likeness (QED) is 0.667. The van der Waals surface area contributed by atoms with Crippen LogP contribution in [0.2, 0.25) is 0 Å². The van der Waals surface area contributed by atoms with Crippen molar-refractivity contribution in [2.45, 2.75) is 34.1 Å². The van der Waals surface area contributed by atoms with Gasteiger partial charge >= 0.3 is 0 Å². The Labute approximate surface area is 80.1 Å². The van der Waals surface area contributed by atoms with E-state index in [9.17, 15) is 9.59 Å². The lowest BCUT2D eigenvalue weighted by atomic mass is 9.95. The first kappa shape index (κ1) is 12.1. The number of Topliss-reactive ketones (excluding diaryl/α,β-unsaturated/α-hetero) is 1. The fourth-order valence-corrected chi connectivity index (χ4v) is 1.02. The van der Waals surface area contributed by atoms with Gasteiger partial charge in [0, 0.05) is 18.9 Å². The molecule has 0 aliphatic rings. The zero-order chi connectivity index (χ0) is 10.6. The van der Waals surface area contributed by atoms with Crippen molar-refractivity contribution in [1.29, 1.82) is 0 Å². The van der Waals surface area contributed by atoms with Crippen LogP contribution in [0.25, 0.3) is 0 Å². The highest BCUT2D eigenvalue weighted by Gasteiger charge is 2.25. The lowest BCUT2D eigenvalue weighted by Gasteiger charge is -2.25. The van der Waals surface area contributed by atoms with E-state index in [0.717, 1.165) is 0 Å². The van der Waals surface area contributed by atoms with Crippen LogP contribution in [0.15, 0.2) is 0 Å². The largest absolute Gasteiger partial charge is 0.338 e. The molecule has 0 saturated heterocycles. The number of hydrogen-bond acceptors (Lipinski definition) is 2. The fraction of sp³-hybridized carbons (Fsp3) is 0.800. The molecule has 0 aromatic rings. The molecule has 0 heterocycles. The van der Waals surface area contributed by atoms with E-state index >= 15 is 0 Å². The van der Waals surface area contributed by atoms with Crippen LogP contribution in [-0.4, -0.2) is 30.2 Å². The zero-order valence-corrected chi connectivity index (χ0v) is 9.18. The molecule has 0 aromatic carbocycles. The normalized spacial score (nSPS) is 11.2. The highest BCUT2D eigenvalue weighted by atomic mass is 16.2. The second kappa shape index (κ2) is 4.40. The van der Waals surface area contributed by atoms with Gasteiger partial charge < -0.3 is 4.90 Å². The van der Waals surface area contributed by atoms with Crippen molar-refractivity contribution in [3.05, 3.63) is 0 Å².